The lowest BCUT2D eigenvalue weighted by Gasteiger charge is -2.23. The summed E-state index contributed by atoms with van der Waals surface area (Å²) in [6.07, 6.45) is 0.683. The summed E-state index contributed by atoms with van der Waals surface area (Å²) >= 11 is 5.91. The van der Waals surface area contributed by atoms with Crippen molar-refractivity contribution in [3.05, 3.63) is 29.3 Å². The Labute approximate surface area is 152 Å². The molecule has 0 aliphatic heterocycles. The third-order valence-electron chi connectivity index (χ3n) is 3.23. The summed E-state index contributed by atoms with van der Waals surface area (Å²) in [6.45, 7) is 4.54. The second-order valence-corrected chi connectivity index (χ2v) is 5.76. The molecule has 0 spiro atoms. The van der Waals surface area contributed by atoms with Gasteiger partial charge < -0.3 is 20.3 Å². The molecular weight excluding hydrogens is 346 g/mol. The van der Waals surface area contributed by atoms with Crippen LogP contribution in [0.15, 0.2) is 24.3 Å². The molecule has 3 amide bonds. The fourth-order valence-electron chi connectivity index (χ4n) is 2.08. The normalized spacial score (nSPS) is 10.0. The van der Waals surface area contributed by atoms with E-state index in [1.165, 1.54) is 11.8 Å². The van der Waals surface area contributed by atoms with Gasteiger partial charge in [-0.05, 0) is 31.5 Å². The maximum Gasteiger partial charge on any atom is 0.321 e. The number of nitrogens with one attached hydrogen (secondary N) is 2. The average molecular weight is 370 g/mol. The highest BCUT2D eigenvalue weighted by molar-refractivity contribution is 6.30. The van der Waals surface area contributed by atoms with Crippen LogP contribution in [0.3, 0.4) is 0 Å². The van der Waals surface area contributed by atoms with Gasteiger partial charge in [-0.25, -0.2) is 4.79 Å². The monoisotopic (exact) mass is 369 g/mol. The summed E-state index contributed by atoms with van der Waals surface area (Å²) < 4.78 is 4.89. The van der Waals surface area contributed by atoms with Crippen LogP contribution < -0.4 is 10.6 Å². The largest absolute Gasteiger partial charge is 0.466 e. The van der Waals surface area contributed by atoms with Crippen LogP contribution in [0.2, 0.25) is 5.02 Å². The van der Waals surface area contributed by atoms with Gasteiger partial charge in [0.1, 0.15) is 0 Å². The third-order valence-corrected chi connectivity index (χ3v) is 3.47. The van der Waals surface area contributed by atoms with Crippen LogP contribution in [0.25, 0.3) is 0 Å². The van der Waals surface area contributed by atoms with Gasteiger partial charge in [-0.2, -0.15) is 0 Å². The zero-order valence-corrected chi connectivity index (χ0v) is 15.3. The Balaban J connectivity index is 2.61. The highest BCUT2D eigenvalue weighted by Crippen LogP contribution is 2.15. The van der Waals surface area contributed by atoms with Gasteiger partial charge in [0.2, 0.25) is 5.91 Å². The zero-order valence-electron chi connectivity index (χ0n) is 14.5. The van der Waals surface area contributed by atoms with E-state index in [0.29, 0.717) is 36.8 Å². The first kappa shape index (κ1) is 20.8. The number of amides is 3. The first-order valence-corrected chi connectivity index (χ1v) is 8.51. The van der Waals surface area contributed by atoms with E-state index in [9.17, 15) is 14.4 Å². The van der Waals surface area contributed by atoms with E-state index in [4.69, 9.17) is 16.3 Å². The minimum atomic E-state index is -0.357. The van der Waals surface area contributed by atoms with Crippen molar-refractivity contribution in [2.75, 3.05) is 31.6 Å². The number of carbonyl (C=O) groups excluding carboxylic acids is 3. The molecule has 2 N–H and O–H groups in total. The number of carbonyl (C=O) groups is 3. The van der Waals surface area contributed by atoms with Crippen LogP contribution in [0, 0.1) is 0 Å². The molecule has 1 rings (SSSR count). The summed E-state index contributed by atoms with van der Waals surface area (Å²) in [7, 11) is 0. The van der Waals surface area contributed by atoms with Gasteiger partial charge in [-0.3, -0.25) is 9.59 Å². The van der Waals surface area contributed by atoms with Gasteiger partial charge in [0.15, 0.2) is 0 Å². The maximum atomic E-state index is 12.5. The van der Waals surface area contributed by atoms with E-state index >= 15 is 0 Å². The molecular formula is C17H24ClN3O4. The topological polar surface area (TPSA) is 87.7 Å². The second kappa shape index (κ2) is 11.3. The first-order valence-electron chi connectivity index (χ1n) is 8.14. The fraction of sp³-hybridized carbons (Fsp3) is 0.471. The Bertz CT molecular complexity index is 595. The molecule has 0 fully saturated rings. The minimum Gasteiger partial charge on any atom is -0.466 e. The quantitative estimate of drug-likeness (QED) is 0.517. The molecule has 7 nitrogen and oxygen atoms in total. The lowest BCUT2D eigenvalue weighted by atomic mass is 10.3. The molecule has 0 bridgehead atoms. The van der Waals surface area contributed by atoms with Crippen molar-refractivity contribution in [3.8, 4) is 0 Å². The highest BCUT2D eigenvalue weighted by atomic mass is 35.5. The first-order chi connectivity index (χ1) is 11.9. The van der Waals surface area contributed by atoms with Crippen LogP contribution in [0.5, 0.6) is 0 Å². The molecule has 0 unspecified atom stereocenters. The Morgan fingerprint density at radius 2 is 2.00 bits per heavy atom. The van der Waals surface area contributed by atoms with Gasteiger partial charge in [0.25, 0.3) is 0 Å². The summed E-state index contributed by atoms with van der Waals surface area (Å²) in [5, 5.41) is 5.94. The number of urea groups is 1. The van der Waals surface area contributed by atoms with Crippen molar-refractivity contribution in [3.63, 3.8) is 0 Å². The molecule has 0 aliphatic rings. The molecule has 1 aromatic rings. The Hall–Kier alpha value is -2.28. The molecule has 0 radical (unpaired) electrons. The Morgan fingerprint density at radius 3 is 2.64 bits per heavy atom. The predicted molar refractivity (Wildman–Crippen MR) is 96.6 cm³/mol. The van der Waals surface area contributed by atoms with E-state index in [2.05, 4.69) is 10.6 Å². The van der Waals surface area contributed by atoms with Crippen molar-refractivity contribution >= 4 is 35.2 Å². The van der Waals surface area contributed by atoms with Crippen LogP contribution in [0.1, 0.15) is 26.7 Å². The highest BCUT2D eigenvalue weighted by Gasteiger charge is 2.15. The number of esters is 1. The van der Waals surface area contributed by atoms with E-state index in [-0.39, 0.29) is 30.9 Å². The van der Waals surface area contributed by atoms with E-state index in [1.54, 1.807) is 31.2 Å². The van der Waals surface area contributed by atoms with Crippen LogP contribution in [-0.2, 0) is 14.3 Å². The number of halogens is 1. The van der Waals surface area contributed by atoms with Gasteiger partial charge in [0.05, 0.1) is 13.0 Å². The predicted octanol–water partition coefficient (Wildman–Crippen LogP) is 2.65. The van der Waals surface area contributed by atoms with E-state index in [1.807, 2.05) is 0 Å². The lowest BCUT2D eigenvalue weighted by Crippen LogP contribution is -2.38. The van der Waals surface area contributed by atoms with Crippen LogP contribution >= 0.6 is 11.6 Å². The second-order valence-electron chi connectivity index (χ2n) is 5.32. The zero-order chi connectivity index (χ0) is 18.7. The van der Waals surface area contributed by atoms with Crippen molar-refractivity contribution in [2.24, 2.45) is 0 Å². The number of ether oxygens (including phenoxy) is 1. The number of rotatable bonds is 9. The Kier molecular flexibility index (Phi) is 9.39. The van der Waals surface area contributed by atoms with Crippen LogP contribution in [-0.4, -0.2) is 49.0 Å². The lowest BCUT2D eigenvalue weighted by molar-refractivity contribution is -0.143. The average Bonchev–Trinajstić information content (AvgIpc) is 2.54. The molecule has 0 saturated carbocycles. The molecule has 0 saturated heterocycles. The standard InChI is InChI=1S/C17H24ClN3O4/c1-3-25-16(23)8-11-21(10-5-9-19-13(2)22)17(24)20-15-7-4-6-14(18)12-15/h4,6-7,12H,3,5,8-11H2,1-2H3,(H,19,22)(H,20,24). The van der Waals surface area contributed by atoms with E-state index < -0.39 is 0 Å². The molecule has 25 heavy (non-hydrogen) atoms. The SMILES string of the molecule is CCOC(=O)CCN(CCCNC(C)=O)C(=O)Nc1cccc(Cl)c1. The molecule has 8 heteroatoms. The number of anilines is 1. The molecule has 0 aromatic heterocycles. The third kappa shape index (κ3) is 8.95. The van der Waals surface area contributed by atoms with E-state index in [0.717, 1.165) is 0 Å². The summed E-state index contributed by atoms with van der Waals surface area (Å²) in [5.41, 5.74) is 0.570. The number of benzene rings is 1. The summed E-state index contributed by atoms with van der Waals surface area (Å²) in [4.78, 5) is 36.4. The van der Waals surface area contributed by atoms with Crippen molar-refractivity contribution < 1.29 is 19.1 Å². The van der Waals surface area contributed by atoms with Crippen LogP contribution in [0.4, 0.5) is 10.5 Å². The number of hydrogen-bond donors (Lipinski definition) is 2. The van der Waals surface area contributed by atoms with Gasteiger partial charge in [-0.1, -0.05) is 17.7 Å². The minimum absolute atomic E-state index is 0.108. The molecule has 0 aliphatic carbocycles. The molecule has 0 atom stereocenters. The molecule has 0 heterocycles. The van der Waals surface area contributed by atoms with Gasteiger partial charge >= 0.3 is 12.0 Å². The van der Waals surface area contributed by atoms with Crippen molar-refractivity contribution in [1.82, 2.24) is 10.2 Å². The summed E-state index contributed by atoms with van der Waals surface area (Å²) in [6, 6.07) is 6.47. The summed E-state index contributed by atoms with van der Waals surface area (Å²) in [5.74, 6) is -0.480. The smallest absolute Gasteiger partial charge is 0.321 e. The molecule has 1 aromatic carbocycles. The number of hydrogen-bond acceptors (Lipinski definition) is 4. The molecule has 138 valence electrons. The fourth-order valence-corrected chi connectivity index (χ4v) is 2.27. The number of nitrogens with zero attached hydrogens (tertiary/aromatic N) is 1. The Morgan fingerprint density at radius 1 is 1.24 bits per heavy atom. The maximum absolute atomic E-state index is 12.5. The van der Waals surface area contributed by atoms with Gasteiger partial charge in [0, 0.05) is 37.3 Å². The van der Waals surface area contributed by atoms with Crippen molar-refractivity contribution in [1.29, 1.82) is 0 Å². The van der Waals surface area contributed by atoms with Gasteiger partial charge in [-0.15, -0.1) is 0 Å². The van der Waals surface area contributed by atoms with Crippen molar-refractivity contribution in [2.45, 2.75) is 26.7 Å².